The van der Waals surface area contributed by atoms with E-state index in [4.69, 9.17) is 5.11 Å². The van der Waals surface area contributed by atoms with Crippen LogP contribution < -0.4 is 0 Å². The quantitative estimate of drug-likeness (QED) is 0.189. The molecule has 2 unspecified atom stereocenters. The molecule has 124 valence electrons. The van der Waals surface area contributed by atoms with E-state index in [0.29, 0.717) is 0 Å². The standard InChI is InChI=1S/C10H10F6I2O3/c1-5(17)2-3-6(18)7(19)21-4-8(20,9(11,12)13)10(14,15)16/h2-3,5-6,20H,4H2,1H3/b3-2-. The third-order valence-electron chi connectivity index (χ3n) is 2.13. The van der Waals surface area contributed by atoms with E-state index in [1.807, 2.05) is 22.6 Å². The molecule has 0 bridgehead atoms. The van der Waals surface area contributed by atoms with Crippen LogP contribution in [0.5, 0.6) is 0 Å². The lowest BCUT2D eigenvalue weighted by Gasteiger charge is -2.31. The monoisotopic (exact) mass is 546 g/mol. The van der Waals surface area contributed by atoms with Gasteiger partial charge in [-0.05, 0) is 6.92 Å². The van der Waals surface area contributed by atoms with Crippen molar-refractivity contribution >= 4 is 51.2 Å². The van der Waals surface area contributed by atoms with Crippen LogP contribution in [0.3, 0.4) is 0 Å². The lowest BCUT2D eigenvalue weighted by Crippen LogP contribution is -2.60. The molecule has 0 heterocycles. The Kier molecular flexibility index (Phi) is 7.73. The van der Waals surface area contributed by atoms with Crippen molar-refractivity contribution in [2.45, 2.75) is 32.7 Å². The molecule has 0 saturated carbocycles. The van der Waals surface area contributed by atoms with Gasteiger partial charge in [-0.15, -0.1) is 0 Å². The summed E-state index contributed by atoms with van der Waals surface area (Å²) in [4.78, 5) is 11.3. The molecule has 2 atom stereocenters. The fourth-order valence-corrected chi connectivity index (χ4v) is 1.57. The molecule has 0 saturated heterocycles. The van der Waals surface area contributed by atoms with Crippen molar-refractivity contribution in [3.63, 3.8) is 0 Å². The van der Waals surface area contributed by atoms with Gasteiger partial charge in [0.05, 0.1) is 0 Å². The van der Waals surface area contributed by atoms with Gasteiger partial charge in [0.1, 0.15) is 10.5 Å². The number of ether oxygens (including phenoxy) is 1. The number of esters is 1. The number of hydrogen-bond donors (Lipinski definition) is 1. The van der Waals surface area contributed by atoms with Gasteiger partial charge in [0.15, 0.2) is 0 Å². The number of halogens is 8. The van der Waals surface area contributed by atoms with Gasteiger partial charge in [-0.3, -0.25) is 4.79 Å². The maximum atomic E-state index is 12.3. The molecule has 11 heteroatoms. The number of rotatable bonds is 5. The largest absolute Gasteiger partial charge is 0.461 e. The minimum Gasteiger partial charge on any atom is -0.461 e. The molecule has 0 aromatic rings. The van der Waals surface area contributed by atoms with Crippen molar-refractivity contribution in [2.75, 3.05) is 6.61 Å². The molecule has 0 aliphatic heterocycles. The predicted molar refractivity (Wildman–Crippen MR) is 78.4 cm³/mol. The Labute approximate surface area is 143 Å². The summed E-state index contributed by atoms with van der Waals surface area (Å²) in [7, 11) is 0. The second-order valence-corrected chi connectivity index (χ2v) is 7.23. The van der Waals surface area contributed by atoms with E-state index in [1.165, 1.54) is 34.7 Å². The van der Waals surface area contributed by atoms with Crippen LogP contribution in [0.15, 0.2) is 12.2 Å². The lowest BCUT2D eigenvalue weighted by atomic mass is 10.0. The highest BCUT2D eigenvalue weighted by molar-refractivity contribution is 14.1. The van der Waals surface area contributed by atoms with Crippen LogP contribution in [-0.2, 0) is 9.53 Å². The summed E-state index contributed by atoms with van der Waals surface area (Å²) in [6.07, 6.45) is -9.23. The van der Waals surface area contributed by atoms with Crippen LogP contribution in [0.4, 0.5) is 26.3 Å². The first kappa shape index (κ1) is 21.2. The Morgan fingerprint density at radius 3 is 1.90 bits per heavy atom. The summed E-state index contributed by atoms with van der Waals surface area (Å²) in [5.41, 5.74) is -5.09. The third kappa shape index (κ3) is 6.08. The molecule has 0 rings (SSSR count). The van der Waals surface area contributed by atoms with Crippen LogP contribution in [-0.4, -0.2) is 43.5 Å². The van der Waals surface area contributed by atoms with Crippen LogP contribution in [0.1, 0.15) is 6.92 Å². The molecular formula is C10H10F6I2O3. The van der Waals surface area contributed by atoms with Crippen molar-refractivity contribution in [2.24, 2.45) is 0 Å². The van der Waals surface area contributed by atoms with E-state index >= 15 is 0 Å². The van der Waals surface area contributed by atoms with E-state index in [0.717, 1.165) is 0 Å². The van der Waals surface area contributed by atoms with Gasteiger partial charge in [0.25, 0.3) is 5.60 Å². The van der Waals surface area contributed by atoms with Crippen LogP contribution >= 0.6 is 45.2 Å². The van der Waals surface area contributed by atoms with Crippen molar-refractivity contribution in [3.05, 3.63) is 12.2 Å². The second kappa shape index (κ2) is 7.66. The second-order valence-electron chi connectivity index (χ2n) is 3.93. The highest BCUT2D eigenvalue weighted by Crippen LogP contribution is 2.43. The molecular weight excluding hydrogens is 536 g/mol. The average Bonchev–Trinajstić information content (AvgIpc) is 2.29. The number of carbonyl (C=O) groups is 1. The molecule has 0 amide bonds. The van der Waals surface area contributed by atoms with Crippen molar-refractivity contribution in [1.29, 1.82) is 0 Å². The summed E-state index contributed by atoms with van der Waals surface area (Å²) in [6, 6.07) is 0. The van der Waals surface area contributed by atoms with Crippen molar-refractivity contribution < 1.29 is 41.0 Å². The Bertz CT molecular complexity index is 377. The molecule has 0 radical (unpaired) electrons. The van der Waals surface area contributed by atoms with Gasteiger partial charge in [0.2, 0.25) is 0 Å². The third-order valence-corrected chi connectivity index (χ3v) is 3.47. The van der Waals surface area contributed by atoms with Crippen LogP contribution in [0.25, 0.3) is 0 Å². The number of hydrogen-bond acceptors (Lipinski definition) is 3. The zero-order chi connectivity index (χ0) is 17.1. The predicted octanol–water partition coefficient (Wildman–Crippen LogP) is 3.57. The Morgan fingerprint density at radius 2 is 1.57 bits per heavy atom. The summed E-state index contributed by atoms with van der Waals surface area (Å²) in [6.45, 7) is -0.496. The number of aliphatic hydroxyl groups is 1. The Morgan fingerprint density at radius 1 is 1.14 bits per heavy atom. The minimum absolute atomic E-state index is 0.00921. The SMILES string of the molecule is CC(I)/C=C\C(I)C(=O)OCC(O)(C(F)(F)F)C(F)(F)F. The molecule has 21 heavy (non-hydrogen) atoms. The van der Waals surface area contributed by atoms with E-state index in [2.05, 4.69) is 4.74 Å². The average molecular weight is 546 g/mol. The molecule has 0 fully saturated rings. The first-order valence-corrected chi connectivity index (χ1v) is 7.70. The van der Waals surface area contributed by atoms with Gasteiger partial charge in [0, 0.05) is 3.92 Å². The zero-order valence-electron chi connectivity index (χ0n) is 10.3. The Balaban J connectivity index is 4.91. The smallest absolute Gasteiger partial charge is 0.429 e. The highest BCUT2D eigenvalue weighted by Gasteiger charge is 2.71. The zero-order valence-corrected chi connectivity index (χ0v) is 14.6. The van der Waals surface area contributed by atoms with Gasteiger partial charge in [-0.25, -0.2) is 0 Å². The van der Waals surface area contributed by atoms with Gasteiger partial charge < -0.3 is 9.84 Å². The summed E-state index contributed by atoms with van der Waals surface area (Å²) < 4.78 is 76.9. The first-order chi connectivity index (χ1) is 9.22. The molecule has 0 aliphatic carbocycles. The number of carbonyl (C=O) groups excluding carboxylic acids is 1. The van der Waals surface area contributed by atoms with E-state index in [-0.39, 0.29) is 3.92 Å². The summed E-state index contributed by atoms with van der Waals surface area (Å²) >= 11 is 3.46. The lowest BCUT2D eigenvalue weighted by molar-refractivity contribution is -0.375. The normalized spacial score (nSPS) is 16.9. The van der Waals surface area contributed by atoms with Gasteiger partial charge in [-0.2, -0.15) is 26.3 Å². The number of alkyl halides is 8. The van der Waals surface area contributed by atoms with Crippen molar-refractivity contribution in [3.8, 4) is 0 Å². The number of allylic oxidation sites excluding steroid dienone is 1. The van der Waals surface area contributed by atoms with E-state index < -0.39 is 34.5 Å². The maximum Gasteiger partial charge on any atom is 0.429 e. The first-order valence-electron chi connectivity index (χ1n) is 5.21. The molecule has 3 nitrogen and oxygen atoms in total. The minimum atomic E-state index is -6.02. The Hall–Kier alpha value is 0.210. The molecule has 1 N–H and O–H groups in total. The van der Waals surface area contributed by atoms with Gasteiger partial charge >= 0.3 is 18.3 Å². The molecule has 0 aliphatic rings. The summed E-state index contributed by atoms with van der Waals surface area (Å²) in [5.74, 6) is -1.31. The topological polar surface area (TPSA) is 46.5 Å². The van der Waals surface area contributed by atoms with Crippen molar-refractivity contribution in [1.82, 2.24) is 0 Å². The van der Waals surface area contributed by atoms with E-state index in [9.17, 15) is 31.1 Å². The highest BCUT2D eigenvalue weighted by atomic mass is 127. The van der Waals surface area contributed by atoms with E-state index in [1.54, 1.807) is 6.92 Å². The fraction of sp³-hybridized carbons (Fsp3) is 0.700. The molecule has 0 aromatic heterocycles. The fourth-order valence-electron chi connectivity index (χ4n) is 0.909. The van der Waals surface area contributed by atoms with Crippen LogP contribution in [0, 0.1) is 0 Å². The summed E-state index contributed by atoms with van der Waals surface area (Å²) in [5, 5.41) is 8.78. The molecule has 0 spiro atoms. The maximum absolute atomic E-state index is 12.3. The molecule has 0 aromatic carbocycles. The van der Waals surface area contributed by atoms with Crippen LogP contribution in [0.2, 0.25) is 0 Å². The van der Waals surface area contributed by atoms with Gasteiger partial charge in [-0.1, -0.05) is 57.3 Å².